The van der Waals surface area contributed by atoms with Gasteiger partial charge >= 0.3 is 11.9 Å². The highest BCUT2D eigenvalue weighted by Crippen LogP contribution is 2.66. The molecule has 5 atom stereocenters. The quantitative estimate of drug-likeness (QED) is 0.614. The van der Waals surface area contributed by atoms with Crippen LogP contribution in [-0.2, 0) is 19.1 Å². The van der Waals surface area contributed by atoms with Crippen molar-refractivity contribution in [2.45, 2.75) is 37.9 Å². The van der Waals surface area contributed by atoms with E-state index in [-0.39, 0.29) is 12.6 Å². The Morgan fingerprint density at radius 1 is 1.27 bits per heavy atom. The van der Waals surface area contributed by atoms with Gasteiger partial charge in [0, 0.05) is 23.0 Å². The average molecular weight is 356 g/mol. The second kappa shape index (κ2) is 4.88. The molecule has 2 aliphatic carbocycles. The molecule has 1 aromatic heterocycles. The van der Waals surface area contributed by atoms with E-state index in [1.807, 2.05) is 25.2 Å². The van der Waals surface area contributed by atoms with Crippen LogP contribution < -0.4 is 0 Å². The fraction of sp³-hybridized carbons (Fsp3) is 0.500. The zero-order chi connectivity index (χ0) is 18.2. The molecule has 0 saturated carbocycles. The number of esters is 2. The minimum Gasteiger partial charge on any atom is -0.472 e. The first-order chi connectivity index (χ1) is 12.4. The average Bonchev–Trinajstić information content (AvgIpc) is 3.24. The fourth-order valence-electron chi connectivity index (χ4n) is 5.52. The van der Waals surface area contributed by atoms with Crippen LogP contribution in [0.5, 0.6) is 0 Å². The van der Waals surface area contributed by atoms with Gasteiger partial charge in [-0.05, 0) is 18.9 Å². The summed E-state index contributed by atoms with van der Waals surface area (Å²) in [7, 11) is 0. The molecule has 1 spiro atoms. The molecule has 3 heterocycles. The molecule has 0 radical (unpaired) electrons. The van der Waals surface area contributed by atoms with E-state index in [1.165, 1.54) is 6.26 Å². The lowest BCUT2D eigenvalue weighted by atomic mass is 9.45. The zero-order valence-electron chi connectivity index (χ0n) is 14.4. The van der Waals surface area contributed by atoms with E-state index in [0.29, 0.717) is 24.8 Å². The van der Waals surface area contributed by atoms with Crippen molar-refractivity contribution in [2.75, 3.05) is 6.61 Å². The molecule has 5 rings (SSSR count). The first kappa shape index (κ1) is 15.9. The highest BCUT2D eigenvalue weighted by molar-refractivity contribution is 5.92. The first-order valence-corrected chi connectivity index (χ1v) is 8.91. The zero-order valence-corrected chi connectivity index (χ0v) is 14.4. The van der Waals surface area contributed by atoms with E-state index in [2.05, 4.69) is 0 Å². The van der Waals surface area contributed by atoms with Crippen LogP contribution in [0.4, 0.5) is 0 Å². The summed E-state index contributed by atoms with van der Waals surface area (Å²) in [6.45, 7) is 2.08. The molecule has 0 unspecified atom stereocenters. The van der Waals surface area contributed by atoms with E-state index in [1.54, 1.807) is 12.3 Å². The normalized spacial score (nSPS) is 43.7. The molecule has 0 amide bonds. The summed E-state index contributed by atoms with van der Waals surface area (Å²) < 4.78 is 16.1. The number of rotatable bonds is 1. The SMILES string of the molecule is C[C@@]12C[C@H](c3ccoc3)OC(=O)C1=CC[C@@]13COC(=O)[C@@H]1C=CC[C@@]32O. The molecule has 2 aliphatic heterocycles. The molecule has 4 aliphatic rings. The van der Waals surface area contributed by atoms with E-state index in [9.17, 15) is 14.7 Å². The van der Waals surface area contributed by atoms with Crippen LogP contribution in [0.25, 0.3) is 0 Å². The number of allylic oxidation sites excluding steroid dienone is 1. The van der Waals surface area contributed by atoms with E-state index in [4.69, 9.17) is 13.9 Å². The minimum atomic E-state index is -1.27. The number of cyclic esters (lactones) is 2. The van der Waals surface area contributed by atoms with Crippen LogP contribution in [0.2, 0.25) is 0 Å². The van der Waals surface area contributed by atoms with E-state index >= 15 is 0 Å². The summed E-state index contributed by atoms with van der Waals surface area (Å²) in [5.74, 6) is -1.20. The van der Waals surface area contributed by atoms with E-state index in [0.717, 1.165) is 5.56 Å². The van der Waals surface area contributed by atoms with Gasteiger partial charge in [-0.3, -0.25) is 4.79 Å². The number of hydrogen-bond donors (Lipinski definition) is 1. The Morgan fingerprint density at radius 3 is 2.88 bits per heavy atom. The molecule has 6 heteroatoms. The molecule has 26 heavy (non-hydrogen) atoms. The Hall–Kier alpha value is -2.34. The molecule has 1 aromatic rings. The van der Waals surface area contributed by atoms with Gasteiger partial charge in [0.2, 0.25) is 0 Å². The van der Waals surface area contributed by atoms with Crippen LogP contribution in [0.15, 0.2) is 46.8 Å². The molecule has 2 saturated heterocycles. The predicted molar refractivity (Wildman–Crippen MR) is 88.6 cm³/mol. The Bertz CT molecular complexity index is 852. The van der Waals surface area contributed by atoms with Crippen LogP contribution in [0, 0.1) is 16.7 Å². The van der Waals surface area contributed by atoms with Crippen molar-refractivity contribution in [3.63, 3.8) is 0 Å². The summed E-state index contributed by atoms with van der Waals surface area (Å²) in [5, 5.41) is 12.0. The maximum absolute atomic E-state index is 12.8. The number of carbonyl (C=O) groups is 2. The molecule has 6 nitrogen and oxygen atoms in total. The predicted octanol–water partition coefficient (Wildman–Crippen LogP) is 2.45. The highest BCUT2D eigenvalue weighted by atomic mass is 16.6. The second-order valence-corrected chi connectivity index (χ2v) is 8.04. The summed E-state index contributed by atoms with van der Waals surface area (Å²) in [4.78, 5) is 25.0. The molecule has 0 aromatic carbocycles. The van der Waals surface area contributed by atoms with Gasteiger partial charge in [-0.2, -0.15) is 0 Å². The van der Waals surface area contributed by atoms with Gasteiger partial charge in [-0.25, -0.2) is 4.79 Å². The summed E-state index contributed by atoms with van der Waals surface area (Å²) >= 11 is 0. The molecule has 0 bridgehead atoms. The maximum Gasteiger partial charge on any atom is 0.334 e. The van der Waals surface area contributed by atoms with Gasteiger partial charge in [0.05, 0.1) is 29.5 Å². The van der Waals surface area contributed by atoms with Crippen molar-refractivity contribution in [3.05, 3.63) is 48.0 Å². The smallest absolute Gasteiger partial charge is 0.334 e. The fourth-order valence-corrected chi connectivity index (χ4v) is 5.52. The lowest BCUT2D eigenvalue weighted by molar-refractivity contribution is -0.204. The van der Waals surface area contributed by atoms with Crippen molar-refractivity contribution in [2.24, 2.45) is 16.7 Å². The number of ether oxygens (including phenoxy) is 2. The van der Waals surface area contributed by atoms with Crippen LogP contribution in [0.1, 0.15) is 37.9 Å². The molecular weight excluding hydrogens is 336 g/mol. The van der Waals surface area contributed by atoms with Gasteiger partial charge in [0.25, 0.3) is 0 Å². The number of aliphatic hydroxyl groups is 1. The third kappa shape index (κ3) is 1.66. The number of furan rings is 1. The Morgan fingerprint density at radius 2 is 2.12 bits per heavy atom. The number of fused-ring (bicyclic) bond motifs is 2. The summed E-state index contributed by atoms with van der Waals surface area (Å²) in [6.07, 6.45) is 9.36. The molecule has 2 fully saturated rings. The third-order valence-electron chi connectivity index (χ3n) is 7.04. The van der Waals surface area contributed by atoms with Gasteiger partial charge in [0.1, 0.15) is 12.7 Å². The van der Waals surface area contributed by atoms with Crippen molar-refractivity contribution < 1.29 is 28.6 Å². The third-order valence-corrected chi connectivity index (χ3v) is 7.04. The minimum absolute atomic E-state index is 0.169. The lowest BCUT2D eigenvalue weighted by Gasteiger charge is -2.60. The van der Waals surface area contributed by atoms with E-state index < -0.39 is 34.4 Å². The molecule has 136 valence electrons. The molecule has 1 N–H and O–H groups in total. The van der Waals surface area contributed by atoms with Gasteiger partial charge in [-0.15, -0.1) is 0 Å². The topological polar surface area (TPSA) is 86.0 Å². The largest absolute Gasteiger partial charge is 0.472 e. The Balaban J connectivity index is 1.66. The van der Waals surface area contributed by atoms with Crippen molar-refractivity contribution in [1.82, 2.24) is 0 Å². The van der Waals surface area contributed by atoms with Crippen LogP contribution in [0.3, 0.4) is 0 Å². The van der Waals surface area contributed by atoms with Crippen molar-refractivity contribution >= 4 is 11.9 Å². The van der Waals surface area contributed by atoms with Gasteiger partial charge in [0.15, 0.2) is 0 Å². The Kier molecular flexibility index (Phi) is 2.98. The lowest BCUT2D eigenvalue weighted by Crippen LogP contribution is -2.66. The van der Waals surface area contributed by atoms with Gasteiger partial charge in [-0.1, -0.05) is 25.2 Å². The van der Waals surface area contributed by atoms with Crippen molar-refractivity contribution in [1.29, 1.82) is 0 Å². The summed E-state index contributed by atoms with van der Waals surface area (Å²) in [6, 6.07) is 1.77. The molecular formula is C20H20O6. The number of hydrogen-bond acceptors (Lipinski definition) is 6. The first-order valence-electron chi connectivity index (χ1n) is 8.91. The Labute approximate surface area is 150 Å². The standard InChI is InChI=1S/C20H20O6/c1-18-9-15(12-5-8-24-10-12)26-17(22)13(18)4-7-19-11-25-16(21)14(19)3-2-6-20(18,19)23/h2-5,8,10,14-15,23H,6-7,9,11H2,1H3/t14-,15+,18+,19+,20-/m0/s1. The summed E-state index contributed by atoms with van der Waals surface area (Å²) in [5.41, 5.74) is -1.59. The highest BCUT2D eigenvalue weighted by Gasteiger charge is 2.72. The van der Waals surface area contributed by atoms with Gasteiger partial charge < -0.3 is 19.0 Å². The van der Waals surface area contributed by atoms with Crippen LogP contribution >= 0.6 is 0 Å². The maximum atomic E-state index is 12.8. The monoisotopic (exact) mass is 356 g/mol. The van der Waals surface area contributed by atoms with Crippen molar-refractivity contribution in [3.8, 4) is 0 Å². The van der Waals surface area contributed by atoms with Crippen LogP contribution in [-0.4, -0.2) is 29.3 Å². The second-order valence-electron chi connectivity index (χ2n) is 8.04. The number of carbonyl (C=O) groups excluding carboxylic acids is 2.